The van der Waals surface area contributed by atoms with Crippen molar-refractivity contribution in [3.63, 3.8) is 0 Å². The standard InChI is InChI=1S/C9H12F3N3/c1-5(2)14-8-13-4-7(6(3)15-8)9(10,11)12/h4-5H,1-3H3,(H,13,14,15). The van der Waals surface area contributed by atoms with Gasteiger partial charge in [0.15, 0.2) is 0 Å². The smallest absolute Gasteiger partial charge is 0.352 e. The van der Waals surface area contributed by atoms with Crippen LogP contribution in [0.25, 0.3) is 0 Å². The maximum Gasteiger partial charge on any atom is 0.419 e. The monoisotopic (exact) mass is 219 g/mol. The molecule has 15 heavy (non-hydrogen) atoms. The predicted molar refractivity (Wildman–Crippen MR) is 50.5 cm³/mol. The van der Waals surface area contributed by atoms with Crippen molar-refractivity contribution >= 4 is 5.95 Å². The number of alkyl halides is 3. The number of anilines is 1. The van der Waals surface area contributed by atoms with Crippen molar-refractivity contribution in [2.45, 2.75) is 33.0 Å². The highest BCUT2D eigenvalue weighted by atomic mass is 19.4. The van der Waals surface area contributed by atoms with E-state index in [0.717, 1.165) is 6.20 Å². The molecule has 0 atom stereocenters. The zero-order valence-electron chi connectivity index (χ0n) is 8.68. The van der Waals surface area contributed by atoms with Crippen molar-refractivity contribution in [1.29, 1.82) is 0 Å². The molecule has 0 aliphatic rings. The molecular weight excluding hydrogens is 207 g/mol. The third-order valence-corrected chi connectivity index (χ3v) is 1.70. The molecule has 84 valence electrons. The van der Waals surface area contributed by atoms with Crippen molar-refractivity contribution < 1.29 is 13.2 Å². The lowest BCUT2D eigenvalue weighted by molar-refractivity contribution is -0.138. The minimum atomic E-state index is -4.39. The van der Waals surface area contributed by atoms with Crippen molar-refractivity contribution in [1.82, 2.24) is 9.97 Å². The van der Waals surface area contributed by atoms with Crippen molar-refractivity contribution in [2.24, 2.45) is 0 Å². The van der Waals surface area contributed by atoms with E-state index in [4.69, 9.17) is 0 Å². The van der Waals surface area contributed by atoms with Gasteiger partial charge in [-0.15, -0.1) is 0 Å². The van der Waals surface area contributed by atoms with Crippen LogP contribution in [0.15, 0.2) is 6.20 Å². The number of rotatable bonds is 2. The van der Waals surface area contributed by atoms with E-state index in [9.17, 15) is 13.2 Å². The van der Waals surface area contributed by atoms with Gasteiger partial charge in [0.25, 0.3) is 0 Å². The molecule has 0 aliphatic heterocycles. The van der Waals surface area contributed by atoms with Crippen LogP contribution in [0, 0.1) is 6.92 Å². The summed E-state index contributed by atoms with van der Waals surface area (Å²) in [7, 11) is 0. The summed E-state index contributed by atoms with van der Waals surface area (Å²) in [6.45, 7) is 5.03. The van der Waals surface area contributed by atoms with Crippen molar-refractivity contribution in [2.75, 3.05) is 5.32 Å². The summed E-state index contributed by atoms with van der Waals surface area (Å²) in [6, 6.07) is 0.0844. The maximum absolute atomic E-state index is 12.3. The third-order valence-electron chi connectivity index (χ3n) is 1.70. The van der Waals surface area contributed by atoms with Gasteiger partial charge in [0.2, 0.25) is 5.95 Å². The van der Waals surface area contributed by atoms with Crippen LogP contribution in [-0.2, 0) is 6.18 Å². The predicted octanol–water partition coefficient (Wildman–Crippen LogP) is 2.62. The lowest BCUT2D eigenvalue weighted by Crippen LogP contribution is -2.15. The first-order valence-corrected chi connectivity index (χ1v) is 4.48. The Labute approximate surface area is 85.7 Å². The molecule has 1 rings (SSSR count). The van der Waals surface area contributed by atoms with Crippen LogP contribution >= 0.6 is 0 Å². The second-order valence-electron chi connectivity index (χ2n) is 3.49. The fourth-order valence-corrected chi connectivity index (χ4v) is 1.07. The average molecular weight is 219 g/mol. The van der Waals surface area contributed by atoms with Crippen LogP contribution in [-0.4, -0.2) is 16.0 Å². The summed E-state index contributed by atoms with van der Waals surface area (Å²) in [5.41, 5.74) is -0.863. The van der Waals surface area contributed by atoms with Crippen molar-refractivity contribution in [3.8, 4) is 0 Å². The number of hydrogen-bond acceptors (Lipinski definition) is 3. The fraction of sp³-hybridized carbons (Fsp3) is 0.556. The summed E-state index contributed by atoms with van der Waals surface area (Å²) in [5, 5.41) is 2.83. The van der Waals surface area contributed by atoms with Gasteiger partial charge in [-0.1, -0.05) is 0 Å². The second kappa shape index (κ2) is 4.04. The Morgan fingerprint density at radius 1 is 1.33 bits per heavy atom. The Balaban J connectivity index is 2.99. The van der Waals surface area contributed by atoms with Gasteiger partial charge in [-0.25, -0.2) is 9.97 Å². The molecule has 0 aliphatic carbocycles. The molecule has 0 amide bonds. The maximum atomic E-state index is 12.3. The highest BCUT2D eigenvalue weighted by Gasteiger charge is 2.33. The van der Waals surface area contributed by atoms with Gasteiger partial charge in [0.1, 0.15) is 0 Å². The summed E-state index contributed by atoms with van der Waals surface area (Å²) < 4.78 is 37.0. The van der Waals surface area contributed by atoms with E-state index in [1.54, 1.807) is 0 Å². The number of nitrogens with one attached hydrogen (secondary N) is 1. The molecule has 0 saturated carbocycles. The first kappa shape index (κ1) is 11.7. The van der Waals surface area contributed by atoms with Gasteiger partial charge in [-0.2, -0.15) is 13.2 Å². The molecule has 0 fully saturated rings. The van der Waals surface area contributed by atoms with Crippen LogP contribution in [0.3, 0.4) is 0 Å². The van der Waals surface area contributed by atoms with E-state index >= 15 is 0 Å². The number of hydrogen-bond donors (Lipinski definition) is 1. The van der Waals surface area contributed by atoms with E-state index < -0.39 is 11.7 Å². The van der Waals surface area contributed by atoms with Gasteiger partial charge in [-0.3, -0.25) is 0 Å². The Hall–Kier alpha value is -1.33. The van der Waals surface area contributed by atoms with Gasteiger partial charge in [0, 0.05) is 12.2 Å². The van der Waals surface area contributed by atoms with E-state index in [2.05, 4.69) is 15.3 Å². The summed E-state index contributed by atoms with van der Waals surface area (Å²) in [5.74, 6) is 0.218. The topological polar surface area (TPSA) is 37.8 Å². The first-order valence-electron chi connectivity index (χ1n) is 4.48. The number of aryl methyl sites for hydroxylation is 1. The van der Waals surface area contributed by atoms with E-state index in [-0.39, 0.29) is 17.7 Å². The molecule has 0 unspecified atom stereocenters. The van der Waals surface area contributed by atoms with Gasteiger partial charge < -0.3 is 5.32 Å². The lowest BCUT2D eigenvalue weighted by atomic mass is 10.2. The van der Waals surface area contributed by atoms with Crippen LogP contribution in [0.1, 0.15) is 25.1 Å². The fourth-order valence-electron chi connectivity index (χ4n) is 1.07. The minimum Gasteiger partial charge on any atom is -0.352 e. The molecule has 1 aromatic rings. The van der Waals surface area contributed by atoms with Gasteiger partial charge in [0.05, 0.1) is 11.3 Å². The molecule has 3 nitrogen and oxygen atoms in total. The Kier molecular flexibility index (Phi) is 3.16. The number of aromatic nitrogens is 2. The molecule has 1 N–H and O–H groups in total. The SMILES string of the molecule is Cc1nc(NC(C)C)ncc1C(F)(F)F. The molecule has 0 saturated heterocycles. The van der Waals surface area contributed by atoms with Gasteiger partial charge >= 0.3 is 6.18 Å². The number of halogens is 3. The average Bonchev–Trinajstić information content (AvgIpc) is 1.99. The quantitative estimate of drug-likeness (QED) is 0.830. The van der Waals surface area contributed by atoms with Crippen LogP contribution in [0.2, 0.25) is 0 Å². The lowest BCUT2D eigenvalue weighted by Gasteiger charge is -2.12. The molecule has 0 aromatic carbocycles. The molecule has 0 bridgehead atoms. The number of nitrogens with zero attached hydrogens (tertiary/aromatic N) is 2. The Morgan fingerprint density at radius 2 is 1.93 bits per heavy atom. The molecular formula is C9H12F3N3. The van der Waals surface area contributed by atoms with Crippen LogP contribution in [0.4, 0.5) is 19.1 Å². The molecule has 6 heteroatoms. The molecule has 0 radical (unpaired) electrons. The minimum absolute atomic E-state index is 0.0688. The summed E-state index contributed by atoms with van der Waals surface area (Å²) >= 11 is 0. The molecule has 0 spiro atoms. The Morgan fingerprint density at radius 3 is 2.33 bits per heavy atom. The largest absolute Gasteiger partial charge is 0.419 e. The second-order valence-corrected chi connectivity index (χ2v) is 3.49. The highest BCUT2D eigenvalue weighted by molar-refractivity contribution is 5.31. The zero-order valence-corrected chi connectivity index (χ0v) is 8.68. The van der Waals surface area contributed by atoms with Crippen LogP contribution in [0.5, 0.6) is 0 Å². The van der Waals surface area contributed by atoms with Crippen molar-refractivity contribution in [3.05, 3.63) is 17.5 Å². The van der Waals surface area contributed by atoms with E-state index in [1.807, 2.05) is 13.8 Å². The first-order chi connectivity index (χ1) is 6.80. The Bertz CT molecular complexity index is 347. The summed E-state index contributed by atoms with van der Waals surface area (Å²) in [6.07, 6.45) is -3.59. The summed E-state index contributed by atoms with van der Waals surface area (Å²) in [4.78, 5) is 7.34. The molecule has 1 aromatic heterocycles. The third kappa shape index (κ3) is 3.07. The van der Waals surface area contributed by atoms with Crippen LogP contribution < -0.4 is 5.32 Å². The van der Waals surface area contributed by atoms with Gasteiger partial charge in [-0.05, 0) is 20.8 Å². The highest BCUT2D eigenvalue weighted by Crippen LogP contribution is 2.30. The molecule has 1 heterocycles. The normalized spacial score (nSPS) is 11.9. The zero-order chi connectivity index (χ0) is 11.6. The van der Waals surface area contributed by atoms with E-state index in [1.165, 1.54) is 6.92 Å². The van der Waals surface area contributed by atoms with E-state index in [0.29, 0.717) is 0 Å².